The van der Waals surface area contributed by atoms with Crippen LogP contribution in [0.15, 0.2) is 53.4 Å². The van der Waals surface area contributed by atoms with Crippen molar-refractivity contribution in [3.05, 3.63) is 64.7 Å². The maximum absolute atomic E-state index is 12.4. The SMILES string of the molecule is O=C(CSc1ccc(Cl)cc1)NNC(=O)[C@H]1CCCc2ccccc21. The van der Waals surface area contributed by atoms with E-state index in [1.54, 1.807) is 12.1 Å². The van der Waals surface area contributed by atoms with Gasteiger partial charge in [-0.2, -0.15) is 0 Å². The largest absolute Gasteiger partial charge is 0.273 e. The van der Waals surface area contributed by atoms with Crippen molar-refractivity contribution in [1.82, 2.24) is 10.9 Å². The molecule has 0 heterocycles. The van der Waals surface area contributed by atoms with E-state index in [9.17, 15) is 9.59 Å². The summed E-state index contributed by atoms with van der Waals surface area (Å²) in [5.74, 6) is -0.369. The van der Waals surface area contributed by atoms with Gasteiger partial charge < -0.3 is 0 Å². The molecular weight excluding hydrogens is 356 g/mol. The zero-order valence-corrected chi connectivity index (χ0v) is 15.2. The highest BCUT2D eigenvalue weighted by Crippen LogP contribution is 2.31. The lowest BCUT2D eigenvalue weighted by atomic mass is 9.82. The quantitative estimate of drug-likeness (QED) is 0.633. The van der Waals surface area contributed by atoms with Gasteiger partial charge in [-0.1, -0.05) is 35.9 Å². The number of nitrogens with one attached hydrogen (secondary N) is 2. The number of hydrazine groups is 1. The predicted molar refractivity (Wildman–Crippen MR) is 101 cm³/mol. The van der Waals surface area contributed by atoms with Gasteiger partial charge in [0.25, 0.3) is 0 Å². The molecule has 3 rings (SSSR count). The standard InChI is InChI=1S/C19H19ClN2O2S/c20-14-8-10-15(11-9-14)25-12-18(23)21-22-19(24)17-7-3-5-13-4-1-2-6-16(13)17/h1-2,4,6,8-11,17H,3,5,7,12H2,(H,21,23)(H,22,24)/t17-/m0/s1. The Bertz CT molecular complexity index is 764. The second-order valence-corrected chi connectivity index (χ2v) is 7.41. The highest BCUT2D eigenvalue weighted by molar-refractivity contribution is 8.00. The zero-order chi connectivity index (χ0) is 17.6. The van der Waals surface area contributed by atoms with Gasteiger partial charge in [0.2, 0.25) is 11.8 Å². The number of thioether (sulfide) groups is 1. The maximum atomic E-state index is 12.4. The Hall–Kier alpha value is -1.98. The van der Waals surface area contributed by atoms with Gasteiger partial charge in [0.1, 0.15) is 0 Å². The zero-order valence-electron chi connectivity index (χ0n) is 13.6. The van der Waals surface area contributed by atoms with Crippen LogP contribution in [0.3, 0.4) is 0 Å². The number of rotatable bonds is 4. The van der Waals surface area contributed by atoms with Crippen molar-refractivity contribution in [2.75, 3.05) is 5.75 Å². The Kier molecular flexibility index (Phi) is 6.00. The molecule has 2 amide bonds. The van der Waals surface area contributed by atoms with E-state index in [2.05, 4.69) is 16.9 Å². The van der Waals surface area contributed by atoms with Crippen LogP contribution in [0.5, 0.6) is 0 Å². The Morgan fingerprint density at radius 1 is 1.08 bits per heavy atom. The molecule has 0 saturated carbocycles. The first-order valence-corrected chi connectivity index (χ1v) is 9.55. The first kappa shape index (κ1) is 17.8. The van der Waals surface area contributed by atoms with Crippen molar-refractivity contribution in [2.45, 2.75) is 30.1 Å². The molecule has 0 spiro atoms. The van der Waals surface area contributed by atoms with E-state index in [0.717, 1.165) is 29.7 Å². The lowest BCUT2D eigenvalue weighted by Crippen LogP contribution is -2.45. The second kappa shape index (κ2) is 8.41. The fourth-order valence-electron chi connectivity index (χ4n) is 2.96. The minimum Gasteiger partial charge on any atom is -0.273 e. The van der Waals surface area contributed by atoms with Gasteiger partial charge >= 0.3 is 0 Å². The van der Waals surface area contributed by atoms with E-state index in [-0.39, 0.29) is 23.5 Å². The van der Waals surface area contributed by atoms with Crippen LogP contribution in [0.2, 0.25) is 5.02 Å². The van der Waals surface area contributed by atoms with Gasteiger partial charge in [0.15, 0.2) is 0 Å². The van der Waals surface area contributed by atoms with Crippen LogP contribution >= 0.6 is 23.4 Å². The third kappa shape index (κ3) is 4.77. The van der Waals surface area contributed by atoms with Crippen LogP contribution in [0.4, 0.5) is 0 Å². The average molecular weight is 375 g/mol. The van der Waals surface area contributed by atoms with Crippen LogP contribution in [-0.2, 0) is 16.0 Å². The van der Waals surface area contributed by atoms with Crippen LogP contribution in [-0.4, -0.2) is 17.6 Å². The summed E-state index contributed by atoms with van der Waals surface area (Å²) >= 11 is 7.22. The molecule has 0 aliphatic heterocycles. The molecule has 0 bridgehead atoms. The average Bonchev–Trinajstić information content (AvgIpc) is 2.65. The monoisotopic (exact) mass is 374 g/mol. The van der Waals surface area contributed by atoms with Gasteiger partial charge in [-0.25, -0.2) is 0 Å². The van der Waals surface area contributed by atoms with Crippen LogP contribution in [0, 0.1) is 0 Å². The molecule has 0 radical (unpaired) electrons. The molecule has 0 aromatic heterocycles. The van der Waals surface area contributed by atoms with Gasteiger partial charge in [-0.15, -0.1) is 11.8 Å². The highest BCUT2D eigenvalue weighted by atomic mass is 35.5. The minimum absolute atomic E-state index is 0.156. The Balaban J connectivity index is 1.49. The normalized spacial score (nSPS) is 16.0. The fraction of sp³-hybridized carbons (Fsp3) is 0.263. The van der Waals surface area contributed by atoms with Crippen molar-refractivity contribution in [2.24, 2.45) is 0 Å². The summed E-state index contributed by atoms with van der Waals surface area (Å²) in [6, 6.07) is 15.3. The molecule has 6 heteroatoms. The Morgan fingerprint density at radius 3 is 2.64 bits per heavy atom. The molecule has 0 unspecified atom stereocenters. The number of aryl methyl sites for hydroxylation is 1. The minimum atomic E-state index is -0.239. The summed E-state index contributed by atoms with van der Waals surface area (Å²) < 4.78 is 0. The molecule has 1 atom stereocenters. The lowest BCUT2D eigenvalue weighted by molar-refractivity contribution is -0.128. The van der Waals surface area contributed by atoms with Gasteiger partial charge in [-0.05, 0) is 54.7 Å². The van der Waals surface area contributed by atoms with Crippen molar-refractivity contribution < 1.29 is 9.59 Å². The second-order valence-electron chi connectivity index (χ2n) is 5.92. The summed E-state index contributed by atoms with van der Waals surface area (Å²) in [4.78, 5) is 25.3. The lowest BCUT2D eigenvalue weighted by Gasteiger charge is -2.24. The van der Waals surface area contributed by atoms with Crippen molar-refractivity contribution in [1.29, 1.82) is 0 Å². The Labute approximate surface area is 156 Å². The smallest absolute Gasteiger partial charge is 0.248 e. The summed E-state index contributed by atoms with van der Waals surface area (Å²) in [5.41, 5.74) is 7.36. The number of carbonyl (C=O) groups is 2. The van der Waals surface area contributed by atoms with E-state index in [1.165, 1.54) is 17.3 Å². The summed E-state index contributed by atoms with van der Waals surface area (Å²) in [6.45, 7) is 0. The molecule has 4 nitrogen and oxygen atoms in total. The highest BCUT2D eigenvalue weighted by Gasteiger charge is 2.26. The fourth-order valence-corrected chi connectivity index (χ4v) is 3.78. The number of carbonyl (C=O) groups excluding carboxylic acids is 2. The first-order valence-electron chi connectivity index (χ1n) is 8.18. The van der Waals surface area contributed by atoms with E-state index in [4.69, 9.17) is 11.6 Å². The molecule has 0 saturated heterocycles. The van der Waals surface area contributed by atoms with Crippen LogP contribution < -0.4 is 10.9 Å². The molecule has 130 valence electrons. The van der Waals surface area contributed by atoms with E-state index >= 15 is 0 Å². The van der Waals surface area contributed by atoms with Gasteiger partial charge in [0.05, 0.1) is 11.7 Å². The topological polar surface area (TPSA) is 58.2 Å². The predicted octanol–water partition coefficient (Wildman–Crippen LogP) is 3.70. The van der Waals surface area contributed by atoms with E-state index in [1.807, 2.05) is 30.3 Å². The van der Waals surface area contributed by atoms with Crippen LogP contribution in [0.1, 0.15) is 29.9 Å². The number of fused-ring (bicyclic) bond motifs is 1. The third-order valence-corrected chi connectivity index (χ3v) is 5.46. The number of amides is 2. The molecule has 25 heavy (non-hydrogen) atoms. The Morgan fingerprint density at radius 2 is 1.84 bits per heavy atom. The summed E-state index contributed by atoms with van der Waals surface area (Å²) in [6.07, 6.45) is 2.79. The van der Waals surface area contributed by atoms with E-state index in [0.29, 0.717) is 5.02 Å². The first-order chi connectivity index (χ1) is 12.1. The van der Waals surface area contributed by atoms with Crippen LogP contribution in [0.25, 0.3) is 0 Å². The summed E-state index contributed by atoms with van der Waals surface area (Å²) in [7, 11) is 0. The molecule has 2 N–H and O–H groups in total. The molecule has 1 aliphatic carbocycles. The van der Waals surface area contributed by atoms with Gasteiger partial charge in [-0.3, -0.25) is 20.4 Å². The number of halogens is 1. The maximum Gasteiger partial charge on any atom is 0.248 e. The number of benzene rings is 2. The molecule has 0 fully saturated rings. The third-order valence-electron chi connectivity index (χ3n) is 4.19. The van der Waals surface area contributed by atoms with E-state index < -0.39 is 0 Å². The van der Waals surface area contributed by atoms with Crippen molar-refractivity contribution in [3.63, 3.8) is 0 Å². The molecule has 2 aromatic rings. The number of hydrogen-bond acceptors (Lipinski definition) is 3. The van der Waals surface area contributed by atoms with Crippen molar-refractivity contribution >= 4 is 35.2 Å². The number of hydrogen-bond donors (Lipinski definition) is 2. The molecular formula is C19H19ClN2O2S. The molecule has 1 aliphatic rings. The summed E-state index contributed by atoms with van der Waals surface area (Å²) in [5, 5.41) is 0.661. The van der Waals surface area contributed by atoms with Crippen molar-refractivity contribution in [3.8, 4) is 0 Å². The molecule has 2 aromatic carbocycles. The van der Waals surface area contributed by atoms with Gasteiger partial charge in [0, 0.05) is 9.92 Å².